The van der Waals surface area contributed by atoms with Gasteiger partial charge < -0.3 is 14.5 Å². The molecule has 7 nitrogen and oxygen atoms in total. The maximum atomic E-state index is 12.6. The van der Waals surface area contributed by atoms with Crippen molar-refractivity contribution in [3.05, 3.63) is 53.1 Å². The van der Waals surface area contributed by atoms with E-state index in [1.807, 2.05) is 6.07 Å². The number of alkyl halides is 1. The molecule has 0 atom stereocenters. The van der Waals surface area contributed by atoms with E-state index in [1.165, 1.54) is 24.8 Å². The molecule has 1 saturated heterocycles. The predicted octanol–water partition coefficient (Wildman–Crippen LogP) is 3.97. The average molecular weight is 474 g/mol. The lowest BCUT2D eigenvalue weighted by Crippen LogP contribution is -2.28. The van der Waals surface area contributed by atoms with Gasteiger partial charge in [0, 0.05) is 40.8 Å². The number of piperidine rings is 1. The second kappa shape index (κ2) is 8.42. The zero-order valence-corrected chi connectivity index (χ0v) is 19.1. The van der Waals surface area contributed by atoms with E-state index in [0.29, 0.717) is 16.7 Å². The number of nitrogens with zero attached hydrogens (tertiary/aromatic N) is 1. The molecule has 2 aliphatic rings. The molecule has 3 heterocycles. The molecule has 1 aromatic heterocycles. The van der Waals surface area contributed by atoms with Crippen molar-refractivity contribution in [1.82, 2.24) is 15.2 Å². The molecule has 1 amide bonds. The molecule has 0 aliphatic carbocycles. The van der Waals surface area contributed by atoms with Crippen molar-refractivity contribution in [2.45, 2.75) is 32.4 Å². The minimum Gasteiger partial charge on any atom is -0.381 e. The SMILES string of the molecule is O=C1NCc2c(OS(=O)(=O)CCl)ccc(-c3cc4cc(CN5CCCCC5)ccc4[nH]3)c21. The van der Waals surface area contributed by atoms with Gasteiger partial charge in [0.2, 0.25) is 0 Å². The number of aromatic nitrogens is 1. The third kappa shape index (κ3) is 4.10. The Labute approximate surface area is 191 Å². The number of amides is 1. The Morgan fingerprint density at radius 3 is 2.66 bits per heavy atom. The molecule has 0 unspecified atom stereocenters. The Bertz CT molecular complexity index is 1300. The Morgan fingerprint density at radius 1 is 1.06 bits per heavy atom. The first-order chi connectivity index (χ1) is 15.4. The summed E-state index contributed by atoms with van der Waals surface area (Å²) in [4.78, 5) is 18.5. The lowest BCUT2D eigenvalue weighted by Gasteiger charge is -2.26. The van der Waals surface area contributed by atoms with E-state index in [0.717, 1.165) is 36.2 Å². The molecule has 3 aromatic rings. The fraction of sp³-hybridized carbons (Fsp3) is 0.348. The Morgan fingerprint density at radius 2 is 1.88 bits per heavy atom. The van der Waals surface area contributed by atoms with Crippen LogP contribution in [0.15, 0.2) is 36.4 Å². The molecule has 2 N–H and O–H groups in total. The van der Waals surface area contributed by atoms with Crippen LogP contribution in [0.2, 0.25) is 0 Å². The van der Waals surface area contributed by atoms with Crippen LogP contribution in [0.4, 0.5) is 0 Å². The summed E-state index contributed by atoms with van der Waals surface area (Å²) >= 11 is 5.47. The fourth-order valence-corrected chi connectivity index (χ4v) is 5.19. The van der Waals surface area contributed by atoms with Crippen LogP contribution in [0.25, 0.3) is 22.2 Å². The molecule has 2 aromatic carbocycles. The third-order valence-electron chi connectivity index (χ3n) is 6.10. The maximum Gasteiger partial charge on any atom is 0.323 e. The lowest BCUT2D eigenvalue weighted by molar-refractivity contribution is 0.0966. The van der Waals surface area contributed by atoms with E-state index in [2.05, 4.69) is 33.4 Å². The summed E-state index contributed by atoms with van der Waals surface area (Å²) in [6.45, 7) is 3.43. The van der Waals surface area contributed by atoms with Crippen molar-refractivity contribution >= 4 is 38.5 Å². The average Bonchev–Trinajstić information content (AvgIpc) is 3.38. The normalized spacial score (nSPS) is 16.8. The van der Waals surface area contributed by atoms with E-state index < -0.39 is 15.3 Å². The highest BCUT2D eigenvalue weighted by molar-refractivity contribution is 7.88. The van der Waals surface area contributed by atoms with Gasteiger partial charge in [-0.2, -0.15) is 8.42 Å². The fourth-order valence-electron chi connectivity index (χ4n) is 4.58. The number of hydrogen-bond acceptors (Lipinski definition) is 5. The standard InChI is InChI=1S/C23H24ClN3O4S/c24-14-32(29,30)31-21-7-5-17(22-18(21)12-25-23(22)28)20-11-16-10-15(4-6-19(16)26-20)13-27-8-2-1-3-9-27/h4-7,10-11,26H,1-3,8-9,12-14H2,(H,25,28). The van der Waals surface area contributed by atoms with E-state index in [-0.39, 0.29) is 18.2 Å². The first-order valence-electron chi connectivity index (χ1n) is 10.7. The molecule has 0 radical (unpaired) electrons. The predicted molar refractivity (Wildman–Crippen MR) is 124 cm³/mol. The third-order valence-corrected chi connectivity index (χ3v) is 7.61. The van der Waals surface area contributed by atoms with Crippen LogP contribution in [0.1, 0.15) is 40.7 Å². The topological polar surface area (TPSA) is 91.5 Å². The largest absolute Gasteiger partial charge is 0.381 e. The number of hydrogen-bond donors (Lipinski definition) is 2. The molecule has 0 spiro atoms. The molecular formula is C23H24ClN3O4S. The van der Waals surface area contributed by atoms with Gasteiger partial charge in [-0.15, -0.1) is 11.6 Å². The molecule has 5 rings (SSSR count). The lowest BCUT2D eigenvalue weighted by atomic mass is 9.99. The zero-order valence-electron chi connectivity index (χ0n) is 17.5. The van der Waals surface area contributed by atoms with Crippen LogP contribution in [-0.4, -0.2) is 42.5 Å². The maximum absolute atomic E-state index is 12.6. The highest BCUT2D eigenvalue weighted by Gasteiger charge is 2.29. The number of benzene rings is 2. The summed E-state index contributed by atoms with van der Waals surface area (Å²) in [5.41, 5.74) is 4.70. The number of fused-ring (bicyclic) bond motifs is 2. The first kappa shape index (κ1) is 21.3. The molecule has 0 saturated carbocycles. The number of likely N-dealkylation sites (tertiary alicyclic amines) is 1. The van der Waals surface area contributed by atoms with Crippen LogP contribution in [0.5, 0.6) is 5.75 Å². The second-order valence-corrected chi connectivity index (χ2v) is 10.5. The van der Waals surface area contributed by atoms with Crippen LogP contribution in [0, 0.1) is 0 Å². The molecule has 2 aliphatic heterocycles. The molecule has 168 valence electrons. The van der Waals surface area contributed by atoms with Crippen molar-refractivity contribution in [2.75, 3.05) is 18.3 Å². The van der Waals surface area contributed by atoms with Gasteiger partial charge in [-0.1, -0.05) is 12.5 Å². The van der Waals surface area contributed by atoms with Gasteiger partial charge in [0.25, 0.3) is 5.91 Å². The molecule has 0 bridgehead atoms. The van der Waals surface area contributed by atoms with Crippen LogP contribution >= 0.6 is 11.6 Å². The van der Waals surface area contributed by atoms with Gasteiger partial charge >= 0.3 is 10.1 Å². The Balaban J connectivity index is 1.49. The van der Waals surface area contributed by atoms with Gasteiger partial charge in [0.15, 0.2) is 5.21 Å². The number of H-pyrrole nitrogens is 1. The zero-order chi connectivity index (χ0) is 22.3. The molecule has 9 heteroatoms. The van der Waals surface area contributed by atoms with Gasteiger partial charge in [-0.25, -0.2) is 0 Å². The monoisotopic (exact) mass is 473 g/mol. The van der Waals surface area contributed by atoms with Gasteiger partial charge in [-0.05, 0) is 61.8 Å². The quantitative estimate of drug-likeness (QED) is 0.417. The number of nitrogens with one attached hydrogen (secondary N) is 2. The van der Waals surface area contributed by atoms with Gasteiger partial charge in [-0.3, -0.25) is 9.69 Å². The summed E-state index contributed by atoms with van der Waals surface area (Å²) in [6, 6.07) is 11.7. The van der Waals surface area contributed by atoms with Crippen LogP contribution in [-0.2, 0) is 23.2 Å². The van der Waals surface area contributed by atoms with E-state index in [9.17, 15) is 13.2 Å². The number of carbonyl (C=O) groups excluding carboxylic acids is 1. The number of carbonyl (C=O) groups is 1. The summed E-state index contributed by atoms with van der Waals surface area (Å²) in [6.07, 6.45) is 3.83. The number of halogens is 1. The minimum absolute atomic E-state index is 0.127. The first-order valence-corrected chi connectivity index (χ1v) is 12.8. The van der Waals surface area contributed by atoms with E-state index in [1.54, 1.807) is 12.1 Å². The number of aromatic amines is 1. The van der Waals surface area contributed by atoms with Crippen LogP contribution in [0.3, 0.4) is 0 Å². The molecule has 1 fully saturated rings. The van der Waals surface area contributed by atoms with Crippen molar-refractivity contribution in [3.8, 4) is 17.0 Å². The van der Waals surface area contributed by atoms with Gasteiger partial charge in [0.1, 0.15) is 5.75 Å². The highest BCUT2D eigenvalue weighted by atomic mass is 35.5. The highest BCUT2D eigenvalue weighted by Crippen LogP contribution is 2.36. The van der Waals surface area contributed by atoms with Gasteiger partial charge in [0.05, 0.1) is 5.56 Å². The van der Waals surface area contributed by atoms with Crippen molar-refractivity contribution in [3.63, 3.8) is 0 Å². The Kier molecular flexibility index (Phi) is 5.61. The van der Waals surface area contributed by atoms with Crippen molar-refractivity contribution < 1.29 is 17.4 Å². The number of rotatable bonds is 6. The Hall–Kier alpha value is -2.55. The van der Waals surface area contributed by atoms with Crippen molar-refractivity contribution in [1.29, 1.82) is 0 Å². The smallest absolute Gasteiger partial charge is 0.323 e. The molecule has 32 heavy (non-hydrogen) atoms. The van der Waals surface area contributed by atoms with E-state index >= 15 is 0 Å². The summed E-state index contributed by atoms with van der Waals surface area (Å²) < 4.78 is 28.8. The summed E-state index contributed by atoms with van der Waals surface area (Å²) in [5.74, 6) is -0.129. The molecular weight excluding hydrogens is 450 g/mol. The minimum atomic E-state index is -3.91. The second-order valence-electron chi connectivity index (χ2n) is 8.34. The summed E-state index contributed by atoms with van der Waals surface area (Å²) in [7, 11) is -3.91. The summed E-state index contributed by atoms with van der Waals surface area (Å²) in [5, 5.41) is 3.18. The van der Waals surface area contributed by atoms with Crippen molar-refractivity contribution in [2.24, 2.45) is 0 Å². The van der Waals surface area contributed by atoms with E-state index in [4.69, 9.17) is 15.8 Å². The van der Waals surface area contributed by atoms with Crippen LogP contribution < -0.4 is 9.50 Å².